The molecule has 13 heavy (non-hydrogen) atoms. The Morgan fingerprint density at radius 2 is 2.08 bits per heavy atom. The first-order valence-electron chi connectivity index (χ1n) is 3.29. The minimum Gasteiger partial charge on any atom is -0.465 e. The van der Waals surface area contributed by atoms with Crippen molar-refractivity contribution in [1.82, 2.24) is 0 Å². The second-order valence-corrected chi connectivity index (χ2v) is 3.49. The van der Waals surface area contributed by atoms with Gasteiger partial charge in [-0.05, 0) is 34.7 Å². The van der Waals surface area contributed by atoms with Gasteiger partial charge in [-0.25, -0.2) is 13.6 Å². The summed E-state index contributed by atoms with van der Waals surface area (Å²) in [6.07, 6.45) is 0. The number of ether oxygens (including phenoxy) is 1. The van der Waals surface area contributed by atoms with Gasteiger partial charge in [-0.2, -0.15) is 0 Å². The highest BCUT2D eigenvalue weighted by Gasteiger charge is 2.16. The van der Waals surface area contributed by atoms with E-state index in [0.717, 1.165) is 13.2 Å². The number of carbonyl (C=O) groups excluding carboxylic acids is 1. The number of rotatable bonds is 1. The van der Waals surface area contributed by atoms with E-state index in [9.17, 15) is 13.6 Å². The monoisotopic (exact) mass is 298 g/mol. The Morgan fingerprint density at radius 3 is 2.62 bits per heavy atom. The Bertz CT molecular complexity index is 352. The lowest BCUT2D eigenvalue weighted by molar-refractivity contribution is 0.0594. The van der Waals surface area contributed by atoms with Crippen LogP contribution in [0.15, 0.2) is 12.1 Å². The Morgan fingerprint density at radius 1 is 1.46 bits per heavy atom. The molecule has 5 heteroatoms. The van der Waals surface area contributed by atoms with Crippen molar-refractivity contribution in [2.45, 2.75) is 0 Å². The second-order valence-electron chi connectivity index (χ2n) is 2.24. The molecule has 0 fully saturated rings. The summed E-state index contributed by atoms with van der Waals surface area (Å²) in [5, 5.41) is 0. The topological polar surface area (TPSA) is 26.3 Å². The zero-order chi connectivity index (χ0) is 10.0. The van der Waals surface area contributed by atoms with Gasteiger partial charge in [0.2, 0.25) is 0 Å². The van der Waals surface area contributed by atoms with Gasteiger partial charge in [0.1, 0.15) is 0 Å². The predicted octanol–water partition coefficient (Wildman–Crippen LogP) is 2.36. The third-order valence-electron chi connectivity index (χ3n) is 1.40. The Balaban J connectivity index is 3.28. The first-order chi connectivity index (χ1) is 6.06. The van der Waals surface area contributed by atoms with E-state index < -0.39 is 17.6 Å². The van der Waals surface area contributed by atoms with Crippen LogP contribution < -0.4 is 0 Å². The van der Waals surface area contributed by atoms with Gasteiger partial charge in [0.05, 0.1) is 12.7 Å². The largest absolute Gasteiger partial charge is 0.465 e. The number of methoxy groups -OCH3 is 1. The number of carbonyl (C=O) groups is 1. The minimum absolute atomic E-state index is 0.382. The fraction of sp³-hybridized carbons (Fsp3) is 0.125. The molecule has 1 rings (SSSR count). The quantitative estimate of drug-likeness (QED) is 0.452. The molecule has 0 radical (unpaired) electrons. The SMILES string of the molecule is COC(=O)c1cc(I)cc(F)c1F. The average molecular weight is 298 g/mol. The molecule has 1 aromatic carbocycles. The summed E-state index contributed by atoms with van der Waals surface area (Å²) in [5.74, 6) is -3.10. The van der Waals surface area contributed by atoms with Crippen LogP contribution in [0, 0.1) is 15.2 Å². The van der Waals surface area contributed by atoms with Crippen molar-refractivity contribution in [1.29, 1.82) is 0 Å². The smallest absolute Gasteiger partial charge is 0.340 e. The molecule has 0 unspecified atom stereocenters. The molecule has 0 amide bonds. The van der Waals surface area contributed by atoms with Crippen molar-refractivity contribution in [2.75, 3.05) is 7.11 Å². The maximum Gasteiger partial charge on any atom is 0.340 e. The number of halogens is 3. The standard InChI is InChI=1S/C8H5F2IO2/c1-13-8(12)5-2-4(11)3-6(9)7(5)10/h2-3H,1H3. The van der Waals surface area contributed by atoms with Crippen LogP contribution in [0.25, 0.3) is 0 Å². The third kappa shape index (κ3) is 2.15. The Hall–Kier alpha value is -0.720. The number of esters is 1. The molecule has 2 nitrogen and oxygen atoms in total. The first kappa shape index (κ1) is 10.4. The molecule has 0 aliphatic heterocycles. The van der Waals surface area contributed by atoms with Gasteiger partial charge >= 0.3 is 5.97 Å². The lowest BCUT2D eigenvalue weighted by Gasteiger charge is -2.02. The van der Waals surface area contributed by atoms with E-state index in [0.29, 0.717) is 3.57 Å². The fourth-order valence-corrected chi connectivity index (χ4v) is 1.40. The zero-order valence-electron chi connectivity index (χ0n) is 6.61. The van der Waals surface area contributed by atoms with E-state index in [1.807, 2.05) is 0 Å². The number of hydrogen-bond donors (Lipinski definition) is 0. The average Bonchev–Trinajstić information content (AvgIpc) is 2.10. The lowest BCUT2D eigenvalue weighted by atomic mass is 10.2. The van der Waals surface area contributed by atoms with Gasteiger partial charge in [0.25, 0.3) is 0 Å². The minimum atomic E-state index is -1.17. The van der Waals surface area contributed by atoms with Crippen molar-refractivity contribution in [3.05, 3.63) is 32.9 Å². The molecular formula is C8H5F2IO2. The normalized spacial score (nSPS) is 9.85. The van der Waals surface area contributed by atoms with Crippen molar-refractivity contribution in [3.63, 3.8) is 0 Å². The summed E-state index contributed by atoms with van der Waals surface area (Å²) in [7, 11) is 1.11. The number of hydrogen-bond acceptors (Lipinski definition) is 2. The highest BCUT2D eigenvalue weighted by molar-refractivity contribution is 14.1. The van der Waals surface area contributed by atoms with E-state index in [1.165, 1.54) is 6.07 Å². The van der Waals surface area contributed by atoms with E-state index in [-0.39, 0.29) is 5.56 Å². The third-order valence-corrected chi connectivity index (χ3v) is 2.02. The van der Waals surface area contributed by atoms with Crippen molar-refractivity contribution >= 4 is 28.6 Å². The molecular weight excluding hydrogens is 293 g/mol. The van der Waals surface area contributed by atoms with Crippen LogP contribution >= 0.6 is 22.6 Å². The van der Waals surface area contributed by atoms with Gasteiger partial charge in [0, 0.05) is 3.57 Å². The van der Waals surface area contributed by atoms with Crippen LogP contribution in [0.5, 0.6) is 0 Å². The second kappa shape index (κ2) is 3.99. The molecule has 0 spiro atoms. The van der Waals surface area contributed by atoms with Crippen LogP contribution in [0.2, 0.25) is 0 Å². The lowest BCUT2D eigenvalue weighted by Crippen LogP contribution is -2.06. The predicted molar refractivity (Wildman–Crippen MR) is 50.4 cm³/mol. The molecule has 0 saturated heterocycles. The molecule has 0 atom stereocenters. The summed E-state index contributed by atoms with van der Waals surface area (Å²) in [5.41, 5.74) is -0.382. The Kier molecular flexibility index (Phi) is 3.18. The zero-order valence-corrected chi connectivity index (χ0v) is 8.76. The maximum atomic E-state index is 12.9. The van der Waals surface area contributed by atoms with Crippen LogP contribution in [0.3, 0.4) is 0 Å². The molecule has 0 aliphatic carbocycles. The summed E-state index contributed by atoms with van der Waals surface area (Å²) in [4.78, 5) is 10.9. The summed E-state index contributed by atoms with van der Waals surface area (Å²) < 4.78 is 30.4. The van der Waals surface area contributed by atoms with Crippen molar-refractivity contribution in [3.8, 4) is 0 Å². The first-order valence-corrected chi connectivity index (χ1v) is 4.37. The van der Waals surface area contributed by atoms with E-state index >= 15 is 0 Å². The molecule has 1 aromatic rings. The molecule has 0 heterocycles. The molecule has 0 saturated carbocycles. The molecule has 0 bridgehead atoms. The van der Waals surface area contributed by atoms with Crippen molar-refractivity contribution in [2.24, 2.45) is 0 Å². The van der Waals surface area contributed by atoms with Crippen LogP contribution in [0.4, 0.5) is 8.78 Å². The Labute approximate surface area is 87.0 Å². The molecule has 0 aliphatic rings. The van der Waals surface area contributed by atoms with Crippen molar-refractivity contribution < 1.29 is 18.3 Å². The van der Waals surface area contributed by atoms with Gasteiger partial charge in [-0.15, -0.1) is 0 Å². The van der Waals surface area contributed by atoms with Crippen LogP contribution in [-0.4, -0.2) is 13.1 Å². The highest BCUT2D eigenvalue weighted by Crippen LogP contribution is 2.17. The van der Waals surface area contributed by atoms with E-state index in [2.05, 4.69) is 4.74 Å². The highest BCUT2D eigenvalue weighted by atomic mass is 127. The van der Waals surface area contributed by atoms with E-state index in [4.69, 9.17) is 0 Å². The van der Waals surface area contributed by atoms with Crippen LogP contribution in [0.1, 0.15) is 10.4 Å². The molecule has 0 N–H and O–H groups in total. The molecule has 0 aromatic heterocycles. The summed E-state index contributed by atoms with van der Waals surface area (Å²) in [6.45, 7) is 0. The van der Waals surface area contributed by atoms with Gasteiger partial charge < -0.3 is 4.74 Å². The van der Waals surface area contributed by atoms with Gasteiger partial charge in [-0.3, -0.25) is 0 Å². The van der Waals surface area contributed by atoms with Gasteiger partial charge in [-0.1, -0.05) is 0 Å². The van der Waals surface area contributed by atoms with Crippen LogP contribution in [-0.2, 0) is 4.74 Å². The van der Waals surface area contributed by atoms with E-state index in [1.54, 1.807) is 22.6 Å². The number of benzene rings is 1. The summed E-state index contributed by atoms with van der Waals surface area (Å²) in [6, 6.07) is 2.23. The fourth-order valence-electron chi connectivity index (χ4n) is 0.814. The molecule has 70 valence electrons. The summed E-state index contributed by atoms with van der Waals surface area (Å²) >= 11 is 1.78. The van der Waals surface area contributed by atoms with Gasteiger partial charge in [0.15, 0.2) is 11.6 Å². The maximum absolute atomic E-state index is 12.9.